The van der Waals surface area contributed by atoms with Gasteiger partial charge in [0.25, 0.3) is 0 Å². The molecule has 0 aromatic carbocycles. The monoisotopic (exact) mass is 321 g/mol. The van der Waals surface area contributed by atoms with E-state index in [0.717, 1.165) is 50.3 Å². The van der Waals surface area contributed by atoms with Crippen LogP contribution < -0.4 is 4.90 Å². The Labute approximate surface area is 140 Å². The minimum Gasteiger partial charge on any atom is -0.462 e. The molecular weight excluding hydrogens is 290 g/mol. The molecule has 0 saturated heterocycles. The molecule has 5 nitrogen and oxygen atoms in total. The van der Waals surface area contributed by atoms with E-state index in [-0.39, 0.29) is 5.97 Å². The predicted molar refractivity (Wildman–Crippen MR) is 94.0 cm³/mol. The first-order valence-corrected chi connectivity index (χ1v) is 8.88. The smallest absolute Gasteiger partial charge is 0.343 e. The van der Waals surface area contributed by atoms with E-state index in [0.29, 0.717) is 18.2 Å². The second-order valence-electron chi connectivity index (χ2n) is 5.83. The van der Waals surface area contributed by atoms with Crippen molar-refractivity contribution in [3.05, 3.63) is 17.6 Å². The number of anilines is 1. The van der Waals surface area contributed by atoms with E-state index < -0.39 is 0 Å². The molecule has 1 aromatic rings. The Balaban J connectivity index is 3.28. The first-order chi connectivity index (χ1) is 11.1. The summed E-state index contributed by atoms with van der Waals surface area (Å²) in [7, 11) is 0. The summed E-state index contributed by atoms with van der Waals surface area (Å²) in [5, 5.41) is 0. The van der Waals surface area contributed by atoms with Crippen molar-refractivity contribution in [2.75, 3.05) is 18.1 Å². The van der Waals surface area contributed by atoms with Crippen LogP contribution in [0.5, 0.6) is 0 Å². The average Bonchev–Trinajstić information content (AvgIpc) is 2.53. The van der Waals surface area contributed by atoms with Crippen LogP contribution in [0, 0.1) is 0 Å². The number of ether oxygens (including phenoxy) is 1. The van der Waals surface area contributed by atoms with Crippen molar-refractivity contribution in [2.24, 2.45) is 0 Å². The Bertz CT molecular complexity index is 491. The second kappa shape index (κ2) is 10.2. The van der Waals surface area contributed by atoms with Gasteiger partial charge in [0.2, 0.25) is 0 Å². The number of aromatic nitrogens is 2. The van der Waals surface area contributed by atoms with Gasteiger partial charge >= 0.3 is 5.97 Å². The third kappa shape index (κ3) is 5.48. The van der Waals surface area contributed by atoms with Crippen LogP contribution in [0.4, 0.5) is 5.82 Å². The minimum absolute atomic E-state index is 0.331. The molecule has 0 aliphatic rings. The fourth-order valence-electron chi connectivity index (χ4n) is 2.67. The quantitative estimate of drug-likeness (QED) is 0.609. The normalized spacial score (nSPS) is 12.0. The highest BCUT2D eigenvalue weighted by molar-refractivity contribution is 5.94. The zero-order valence-electron chi connectivity index (χ0n) is 15.3. The Morgan fingerprint density at radius 2 is 1.96 bits per heavy atom. The molecule has 1 unspecified atom stereocenters. The van der Waals surface area contributed by atoms with Gasteiger partial charge in [-0.1, -0.05) is 27.2 Å². The van der Waals surface area contributed by atoms with Crippen LogP contribution in [-0.2, 0) is 11.2 Å². The van der Waals surface area contributed by atoms with Crippen molar-refractivity contribution >= 4 is 11.8 Å². The number of aryl methyl sites for hydroxylation is 1. The molecule has 0 fully saturated rings. The van der Waals surface area contributed by atoms with E-state index in [2.05, 4.69) is 37.6 Å². The Morgan fingerprint density at radius 1 is 1.22 bits per heavy atom. The molecule has 1 rings (SSSR count). The van der Waals surface area contributed by atoms with Gasteiger partial charge in [-0.3, -0.25) is 0 Å². The lowest BCUT2D eigenvalue weighted by molar-refractivity contribution is 0.0526. The average molecular weight is 321 g/mol. The number of hydrogen-bond acceptors (Lipinski definition) is 5. The molecule has 0 radical (unpaired) electrons. The molecule has 0 saturated carbocycles. The van der Waals surface area contributed by atoms with Gasteiger partial charge in [0, 0.05) is 25.2 Å². The first kappa shape index (κ1) is 19.4. The van der Waals surface area contributed by atoms with Crippen LogP contribution in [0.3, 0.4) is 0 Å². The van der Waals surface area contributed by atoms with Crippen LogP contribution in [0.25, 0.3) is 0 Å². The van der Waals surface area contributed by atoms with Gasteiger partial charge in [0.05, 0.1) is 6.61 Å². The minimum atomic E-state index is -0.338. The van der Waals surface area contributed by atoms with Crippen LogP contribution in [0.15, 0.2) is 6.20 Å². The predicted octanol–water partition coefficient (Wildman–Crippen LogP) is 4.01. The number of hydrogen-bond donors (Lipinski definition) is 0. The van der Waals surface area contributed by atoms with Gasteiger partial charge in [-0.2, -0.15) is 0 Å². The highest BCUT2D eigenvalue weighted by atomic mass is 16.5. The zero-order chi connectivity index (χ0) is 17.2. The van der Waals surface area contributed by atoms with Crippen molar-refractivity contribution in [2.45, 2.75) is 72.8 Å². The summed E-state index contributed by atoms with van der Waals surface area (Å²) in [6, 6.07) is 0.331. The SMILES string of the molecule is CCCc1ncc(C(=O)OCC)c(N(CCC)C(C)CCC)n1. The molecule has 23 heavy (non-hydrogen) atoms. The van der Waals surface area contributed by atoms with Crippen LogP contribution in [0.1, 0.15) is 76.5 Å². The van der Waals surface area contributed by atoms with E-state index in [1.54, 1.807) is 6.20 Å². The van der Waals surface area contributed by atoms with Crippen molar-refractivity contribution in [3.8, 4) is 0 Å². The van der Waals surface area contributed by atoms with Gasteiger partial charge in [-0.25, -0.2) is 14.8 Å². The standard InChI is InChI=1S/C18H31N3O2/c1-6-10-14(5)21(12-8-3)17-15(18(22)23-9-4)13-19-16(20-17)11-7-2/h13-14H,6-12H2,1-5H3. The highest BCUT2D eigenvalue weighted by Gasteiger charge is 2.23. The number of esters is 1. The third-order valence-electron chi connectivity index (χ3n) is 3.76. The molecule has 130 valence electrons. The van der Waals surface area contributed by atoms with Crippen LogP contribution >= 0.6 is 0 Å². The van der Waals surface area contributed by atoms with Crippen LogP contribution in [-0.4, -0.2) is 35.1 Å². The Kier molecular flexibility index (Phi) is 8.59. The van der Waals surface area contributed by atoms with Gasteiger partial charge in [-0.05, 0) is 33.1 Å². The maximum Gasteiger partial charge on any atom is 0.343 e. The Hall–Kier alpha value is -1.65. The molecular formula is C18H31N3O2. The molecule has 0 spiro atoms. The molecule has 0 amide bonds. The number of nitrogens with zero attached hydrogens (tertiary/aromatic N) is 3. The maximum atomic E-state index is 12.3. The zero-order valence-corrected chi connectivity index (χ0v) is 15.3. The van der Waals surface area contributed by atoms with Crippen molar-refractivity contribution < 1.29 is 9.53 Å². The summed E-state index contributed by atoms with van der Waals surface area (Å²) in [6.07, 6.45) is 6.60. The number of rotatable bonds is 10. The molecule has 0 N–H and O–H groups in total. The number of carbonyl (C=O) groups excluding carboxylic acids is 1. The van der Waals surface area contributed by atoms with Crippen molar-refractivity contribution in [1.29, 1.82) is 0 Å². The first-order valence-electron chi connectivity index (χ1n) is 8.88. The van der Waals surface area contributed by atoms with E-state index in [4.69, 9.17) is 9.72 Å². The molecule has 1 aromatic heterocycles. The van der Waals surface area contributed by atoms with E-state index in [9.17, 15) is 4.79 Å². The molecule has 1 atom stereocenters. The summed E-state index contributed by atoms with van der Waals surface area (Å²) < 4.78 is 5.19. The van der Waals surface area contributed by atoms with Gasteiger partial charge < -0.3 is 9.64 Å². The van der Waals surface area contributed by atoms with Crippen molar-refractivity contribution in [3.63, 3.8) is 0 Å². The molecule has 1 heterocycles. The number of carbonyl (C=O) groups is 1. The molecule has 0 bridgehead atoms. The van der Waals surface area contributed by atoms with Gasteiger partial charge in [0.1, 0.15) is 17.2 Å². The van der Waals surface area contributed by atoms with Gasteiger partial charge in [0.15, 0.2) is 0 Å². The van der Waals surface area contributed by atoms with Gasteiger partial charge in [-0.15, -0.1) is 0 Å². The summed E-state index contributed by atoms with van der Waals surface area (Å²) in [5.41, 5.74) is 0.475. The summed E-state index contributed by atoms with van der Waals surface area (Å²) in [6.45, 7) is 11.7. The largest absolute Gasteiger partial charge is 0.462 e. The third-order valence-corrected chi connectivity index (χ3v) is 3.76. The Morgan fingerprint density at radius 3 is 2.52 bits per heavy atom. The second-order valence-corrected chi connectivity index (χ2v) is 5.83. The van der Waals surface area contributed by atoms with Crippen molar-refractivity contribution in [1.82, 2.24) is 9.97 Å². The summed E-state index contributed by atoms with van der Waals surface area (Å²) >= 11 is 0. The fourth-order valence-corrected chi connectivity index (χ4v) is 2.67. The van der Waals surface area contributed by atoms with Crippen LogP contribution in [0.2, 0.25) is 0 Å². The van der Waals surface area contributed by atoms with E-state index in [1.807, 2.05) is 6.92 Å². The van der Waals surface area contributed by atoms with E-state index >= 15 is 0 Å². The molecule has 0 aliphatic heterocycles. The topological polar surface area (TPSA) is 55.3 Å². The van der Waals surface area contributed by atoms with E-state index in [1.165, 1.54) is 0 Å². The lowest BCUT2D eigenvalue weighted by Gasteiger charge is -2.31. The summed E-state index contributed by atoms with van der Waals surface area (Å²) in [5.74, 6) is 1.18. The summed E-state index contributed by atoms with van der Waals surface area (Å²) in [4.78, 5) is 23.6. The molecule has 0 aliphatic carbocycles. The lowest BCUT2D eigenvalue weighted by atomic mass is 10.1. The maximum absolute atomic E-state index is 12.3. The fraction of sp³-hybridized carbons (Fsp3) is 0.722. The lowest BCUT2D eigenvalue weighted by Crippen LogP contribution is -2.36. The molecule has 5 heteroatoms. The highest BCUT2D eigenvalue weighted by Crippen LogP contribution is 2.23.